The molecule has 0 heterocycles. The minimum atomic E-state index is 0.0726. The Hall–Kier alpha value is -3.12. The zero-order valence-corrected chi connectivity index (χ0v) is 20.1. The molecule has 169 valence electrons. The smallest absolute Gasteiger partial charge is 0.0167 e. The Balaban J connectivity index is 1.66. The van der Waals surface area contributed by atoms with Gasteiger partial charge in [-0.2, -0.15) is 0 Å². The Bertz CT molecular complexity index is 1140. The van der Waals surface area contributed by atoms with Crippen molar-refractivity contribution in [1.29, 1.82) is 0 Å². The van der Waals surface area contributed by atoms with Crippen molar-refractivity contribution >= 4 is 0 Å². The van der Waals surface area contributed by atoms with Crippen molar-refractivity contribution < 1.29 is 0 Å². The zero-order valence-electron chi connectivity index (χ0n) is 20.1. The molecule has 34 heavy (non-hydrogen) atoms. The van der Waals surface area contributed by atoms with Gasteiger partial charge in [0.15, 0.2) is 0 Å². The summed E-state index contributed by atoms with van der Waals surface area (Å²) in [6, 6.07) is 36.7. The van der Waals surface area contributed by atoms with Gasteiger partial charge in [-0.1, -0.05) is 130 Å². The van der Waals surface area contributed by atoms with E-state index in [4.69, 9.17) is 0 Å². The summed E-state index contributed by atoms with van der Waals surface area (Å²) in [5.74, 6) is 0.745. The fourth-order valence-electron chi connectivity index (χ4n) is 7.25. The maximum Gasteiger partial charge on any atom is 0.0167 e. The normalized spacial score (nSPS) is 14.5. The van der Waals surface area contributed by atoms with E-state index in [0.29, 0.717) is 11.8 Å². The summed E-state index contributed by atoms with van der Waals surface area (Å²) >= 11 is 0. The van der Waals surface area contributed by atoms with Crippen LogP contribution < -0.4 is 0 Å². The van der Waals surface area contributed by atoms with Crippen LogP contribution in [0.25, 0.3) is 22.3 Å². The first-order valence-electron chi connectivity index (χ1n) is 13.0. The molecule has 0 aliphatic heterocycles. The van der Waals surface area contributed by atoms with Crippen molar-refractivity contribution in [2.75, 3.05) is 0 Å². The van der Waals surface area contributed by atoms with Crippen LogP contribution in [0.5, 0.6) is 0 Å². The van der Waals surface area contributed by atoms with Gasteiger partial charge in [0.25, 0.3) is 0 Å². The standard InChI is InChI=1S/C34H33/c1-3-5-23-34(22-4-2,32-28-18-10-6-14-24(28)25-15-7-11-19-29(25)32)33-30-20-12-8-16-26(30)27-17-9-13-21-31(27)33/h6-21,32-33H,2-5,22-23H2,1H3. The van der Waals surface area contributed by atoms with E-state index in [-0.39, 0.29) is 5.41 Å². The second kappa shape index (κ2) is 8.58. The molecule has 0 heteroatoms. The van der Waals surface area contributed by atoms with Gasteiger partial charge in [0.2, 0.25) is 0 Å². The number of benzene rings is 4. The SMILES string of the molecule is [CH2]CCC(CCCC)(C1c2ccccc2-c2ccccc21)C1c2ccccc2-c2ccccc21. The Kier molecular flexibility index (Phi) is 5.41. The molecule has 2 aliphatic rings. The maximum atomic E-state index is 4.45. The molecule has 0 spiro atoms. The lowest BCUT2D eigenvalue weighted by Crippen LogP contribution is -2.35. The number of fused-ring (bicyclic) bond motifs is 6. The highest BCUT2D eigenvalue weighted by atomic mass is 14.5. The third kappa shape index (κ3) is 3.04. The highest BCUT2D eigenvalue weighted by Crippen LogP contribution is 2.65. The van der Waals surface area contributed by atoms with Crippen LogP contribution in [0.2, 0.25) is 0 Å². The molecule has 0 N–H and O–H groups in total. The van der Waals surface area contributed by atoms with Crippen LogP contribution in [0.1, 0.15) is 73.1 Å². The summed E-state index contributed by atoms with van der Waals surface area (Å²) in [7, 11) is 0. The number of hydrogen-bond donors (Lipinski definition) is 0. The highest BCUT2D eigenvalue weighted by Gasteiger charge is 2.52. The molecule has 0 amide bonds. The van der Waals surface area contributed by atoms with E-state index >= 15 is 0 Å². The van der Waals surface area contributed by atoms with E-state index in [1.807, 2.05) is 0 Å². The summed E-state index contributed by atoms with van der Waals surface area (Å²) in [5, 5.41) is 0. The van der Waals surface area contributed by atoms with Crippen LogP contribution in [0.4, 0.5) is 0 Å². The van der Waals surface area contributed by atoms with Crippen LogP contribution in [-0.4, -0.2) is 0 Å². The molecule has 4 aromatic carbocycles. The van der Waals surface area contributed by atoms with Crippen molar-refractivity contribution in [3.63, 3.8) is 0 Å². The van der Waals surface area contributed by atoms with E-state index < -0.39 is 0 Å². The van der Waals surface area contributed by atoms with Gasteiger partial charge in [0.1, 0.15) is 0 Å². The first-order chi connectivity index (χ1) is 16.8. The number of unbranched alkanes of at least 4 members (excludes halogenated alkanes) is 1. The molecule has 4 aromatic rings. The van der Waals surface area contributed by atoms with Crippen LogP contribution in [0, 0.1) is 12.3 Å². The molecule has 0 atom stereocenters. The van der Waals surface area contributed by atoms with E-state index in [0.717, 1.165) is 12.8 Å². The number of hydrogen-bond acceptors (Lipinski definition) is 0. The Morgan fingerprint density at radius 3 is 1.24 bits per heavy atom. The van der Waals surface area contributed by atoms with Crippen LogP contribution >= 0.6 is 0 Å². The molecular weight excluding hydrogens is 408 g/mol. The first-order valence-corrected chi connectivity index (χ1v) is 13.0. The Morgan fingerprint density at radius 1 is 0.559 bits per heavy atom. The van der Waals surface area contributed by atoms with E-state index in [2.05, 4.69) is 111 Å². The largest absolute Gasteiger partial charge is 0.0654 e. The van der Waals surface area contributed by atoms with Gasteiger partial charge >= 0.3 is 0 Å². The molecule has 0 saturated carbocycles. The minimum Gasteiger partial charge on any atom is -0.0654 e. The molecular formula is C34H33. The van der Waals surface area contributed by atoms with Gasteiger partial charge in [-0.25, -0.2) is 0 Å². The first kappa shape index (κ1) is 21.4. The van der Waals surface area contributed by atoms with Crippen LogP contribution in [-0.2, 0) is 0 Å². The van der Waals surface area contributed by atoms with Crippen molar-refractivity contribution in [3.8, 4) is 22.3 Å². The molecule has 0 aromatic heterocycles. The summed E-state index contributed by atoms with van der Waals surface area (Å²) in [4.78, 5) is 0. The Morgan fingerprint density at radius 2 is 0.912 bits per heavy atom. The Labute approximate surface area is 204 Å². The lowest BCUT2D eigenvalue weighted by molar-refractivity contribution is 0.173. The van der Waals surface area contributed by atoms with Crippen LogP contribution in [0.3, 0.4) is 0 Å². The van der Waals surface area contributed by atoms with Crippen molar-refractivity contribution in [1.82, 2.24) is 0 Å². The van der Waals surface area contributed by atoms with E-state index in [1.54, 1.807) is 0 Å². The highest BCUT2D eigenvalue weighted by molar-refractivity contribution is 5.82. The zero-order chi connectivity index (χ0) is 23.1. The van der Waals surface area contributed by atoms with Crippen molar-refractivity contribution in [2.24, 2.45) is 5.41 Å². The molecule has 6 rings (SSSR count). The lowest BCUT2D eigenvalue weighted by atomic mass is 9.56. The molecule has 0 saturated heterocycles. The quantitative estimate of drug-likeness (QED) is 0.268. The molecule has 0 unspecified atom stereocenters. The molecule has 0 fully saturated rings. The van der Waals surface area contributed by atoms with E-state index in [9.17, 15) is 0 Å². The second-order valence-corrected chi connectivity index (χ2v) is 10.2. The fourth-order valence-corrected chi connectivity index (χ4v) is 7.25. The lowest BCUT2D eigenvalue weighted by Gasteiger charge is -2.46. The summed E-state index contributed by atoms with van der Waals surface area (Å²) in [5.41, 5.74) is 11.8. The maximum absolute atomic E-state index is 4.45. The molecule has 0 bridgehead atoms. The van der Waals surface area contributed by atoms with E-state index in [1.165, 1.54) is 63.8 Å². The van der Waals surface area contributed by atoms with Gasteiger partial charge in [0, 0.05) is 11.8 Å². The second-order valence-electron chi connectivity index (χ2n) is 10.2. The van der Waals surface area contributed by atoms with Gasteiger partial charge in [0.05, 0.1) is 0 Å². The third-order valence-electron chi connectivity index (χ3n) is 8.46. The molecule has 0 nitrogen and oxygen atoms in total. The molecule has 2 aliphatic carbocycles. The minimum absolute atomic E-state index is 0.0726. The average molecular weight is 442 g/mol. The van der Waals surface area contributed by atoms with Gasteiger partial charge in [-0.3, -0.25) is 0 Å². The predicted octanol–water partition coefficient (Wildman–Crippen LogP) is 9.40. The predicted molar refractivity (Wildman–Crippen MR) is 144 cm³/mol. The fraction of sp³-hybridized carbons (Fsp3) is 0.265. The van der Waals surface area contributed by atoms with Gasteiger partial charge in [-0.15, -0.1) is 0 Å². The van der Waals surface area contributed by atoms with Gasteiger partial charge in [-0.05, 0) is 62.8 Å². The summed E-state index contributed by atoms with van der Waals surface area (Å²) in [6.45, 7) is 6.78. The summed E-state index contributed by atoms with van der Waals surface area (Å²) < 4.78 is 0. The van der Waals surface area contributed by atoms with Crippen molar-refractivity contribution in [3.05, 3.63) is 126 Å². The van der Waals surface area contributed by atoms with Crippen molar-refractivity contribution in [2.45, 2.75) is 50.9 Å². The monoisotopic (exact) mass is 441 g/mol. The van der Waals surface area contributed by atoms with Crippen LogP contribution in [0.15, 0.2) is 97.1 Å². The number of rotatable bonds is 7. The van der Waals surface area contributed by atoms with Gasteiger partial charge < -0.3 is 0 Å². The average Bonchev–Trinajstić information content (AvgIpc) is 3.41. The third-order valence-corrected chi connectivity index (χ3v) is 8.46. The summed E-state index contributed by atoms with van der Waals surface area (Å²) in [6.07, 6.45) is 5.73. The molecule has 1 radical (unpaired) electrons. The topological polar surface area (TPSA) is 0 Å².